The molecule has 0 spiro atoms. The predicted molar refractivity (Wildman–Crippen MR) is 68.4 cm³/mol. The first kappa shape index (κ1) is 14.0. The van der Waals surface area contributed by atoms with Crippen molar-refractivity contribution in [3.8, 4) is 0 Å². The smallest absolute Gasteiger partial charge is 0.226 e. The lowest BCUT2D eigenvalue weighted by Gasteiger charge is -2.28. The Bertz CT molecular complexity index is 419. The second kappa shape index (κ2) is 6.65. The van der Waals surface area contributed by atoms with Crippen molar-refractivity contribution in [1.82, 2.24) is 15.5 Å². The molecule has 0 aromatic carbocycles. The van der Waals surface area contributed by atoms with Crippen LogP contribution in [-0.4, -0.2) is 33.3 Å². The quantitative estimate of drug-likeness (QED) is 0.834. The molecule has 6 nitrogen and oxygen atoms in total. The fourth-order valence-electron chi connectivity index (χ4n) is 2.40. The molecule has 1 aliphatic carbocycles. The Balaban J connectivity index is 1.66. The Morgan fingerprint density at radius 1 is 1.47 bits per heavy atom. The minimum absolute atomic E-state index is 0.0119. The lowest BCUT2D eigenvalue weighted by molar-refractivity contribution is -0.123. The summed E-state index contributed by atoms with van der Waals surface area (Å²) in [6, 6.07) is -0.0769. The summed E-state index contributed by atoms with van der Waals surface area (Å²) in [6.07, 6.45) is 5.09. The van der Waals surface area contributed by atoms with E-state index in [1.54, 1.807) is 6.92 Å². The maximum atomic E-state index is 11.8. The molecule has 1 heterocycles. The van der Waals surface area contributed by atoms with Crippen molar-refractivity contribution in [2.45, 2.75) is 64.0 Å². The number of carbonyl (C=O) groups excluding carboxylic acids is 1. The number of carbonyl (C=O) groups is 1. The molecule has 106 valence electrons. The summed E-state index contributed by atoms with van der Waals surface area (Å²) in [5, 5.41) is 16.4. The molecule has 1 amide bonds. The second-order valence-electron chi connectivity index (χ2n) is 5.11. The molecule has 19 heavy (non-hydrogen) atoms. The summed E-state index contributed by atoms with van der Waals surface area (Å²) in [6.45, 7) is 1.77. The SMILES string of the molecule is Cc1noc(CCCC(=O)NC2CCCCC2O)n1. The minimum Gasteiger partial charge on any atom is -0.391 e. The number of aromatic nitrogens is 2. The van der Waals surface area contributed by atoms with Gasteiger partial charge in [-0.3, -0.25) is 4.79 Å². The van der Waals surface area contributed by atoms with E-state index in [2.05, 4.69) is 15.5 Å². The fraction of sp³-hybridized carbons (Fsp3) is 0.769. The summed E-state index contributed by atoms with van der Waals surface area (Å²) >= 11 is 0. The van der Waals surface area contributed by atoms with Gasteiger partial charge in [0.2, 0.25) is 11.8 Å². The van der Waals surface area contributed by atoms with E-state index in [1.165, 1.54) is 0 Å². The average molecular weight is 267 g/mol. The Morgan fingerprint density at radius 2 is 2.26 bits per heavy atom. The van der Waals surface area contributed by atoms with E-state index in [9.17, 15) is 9.90 Å². The van der Waals surface area contributed by atoms with Gasteiger partial charge in [-0.15, -0.1) is 0 Å². The first-order valence-electron chi connectivity index (χ1n) is 6.92. The van der Waals surface area contributed by atoms with E-state index in [4.69, 9.17) is 4.52 Å². The molecule has 1 aromatic heterocycles. The van der Waals surface area contributed by atoms with Gasteiger partial charge in [-0.1, -0.05) is 18.0 Å². The Labute approximate surface area is 112 Å². The standard InChI is InChI=1S/C13H21N3O3/c1-9-14-13(19-16-9)8-4-7-12(18)15-10-5-2-3-6-11(10)17/h10-11,17H,2-8H2,1H3,(H,15,18). The van der Waals surface area contributed by atoms with Gasteiger partial charge in [-0.25, -0.2) is 0 Å². The third-order valence-corrected chi connectivity index (χ3v) is 3.44. The zero-order valence-electron chi connectivity index (χ0n) is 11.3. The maximum Gasteiger partial charge on any atom is 0.226 e. The number of aliphatic hydroxyl groups excluding tert-OH is 1. The summed E-state index contributed by atoms with van der Waals surface area (Å²) in [5.74, 6) is 1.18. The zero-order valence-corrected chi connectivity index (χ0v) is 11.3. The molecule has 0 saturated heterocycles. The third-order valence-electron chi connectivity index (χ3n) is 3.44. The van der Waals surface area contributed by atoms with Gasteiger partial charge in [0, 0.05) is 12.8 Å². The molecule has 2 unspecified atom stereocenters. The normalized spacial score (nSPS) is 23.3. The first-order valence-corrected chi connectivity index (χ1v) is 6.92. The van der Waals surface area contributed by atoms with Crippen molar-refractivity contribution in [1.29, 1.82) is 0 Å². The summed E-state index contributed by atoms with van der Waals surface area (Å²) in [5.41, 5.74) is 0. The van der Waals surface area contributed by atoms with Gasteiger partial charge in [0.25, 0.3) is 0 Å². The number of hydrogen-bond donors (Lipinski definition) is 2. The molecular weight excluding hydrogens is 246 g/mol. The number of aliphatic hydroxyl groups is 1. The lowest BCUT2D eigenvalue weighted by Crippen LogP contribution is -2.45. The van der Waals surface area contributed by atoms with Crippen molar-refractivity contribution in [3.05, 3.63) is 11.7 Å². The predicted octanol–water partition coefficient (Wildman–Crippen LogP) is 1.12. The van der Waals surface area contributed by atoms with Crippen LogP contribution in [0.4, 0.5) is 0 Å². The van der Waals surface area contributed by atoms with E-state index < -0.39 is 6.10 Å². The number of rotatable bonds is 5. The van der Waals surface area contributed by atoms with Crippen LogP contribution in [-0.2, 0) is 11.2 Å². The average Bonchev–Trinajstić information content (AvgIpc) is 2.78. The first-order chi connectivity index (χ1) is 9.15. The largest absolute Gasteiger partial charge is 0.391 e. The van der Waals surface area contributed by atoms with E-state index >= 15 is 0 Å². The molecule has 1 aromatic rings. The van der Waals surface area contributed by atoms with Gasteiger partial charge in [-0.05, 0) is 26.2 Å². The van der Waals surface area contributed by atoms with Crippen molar-refractivity contribution in [2.75, 3.05) is 0 Å². The van der Waals surface area contributed by atoms with Crippen LogP contribution in [0.25, 0.3) is 0 Å². The number of nitrogens with zero attached hydrogens (tertiary/aromatic N) is 2. The van der Waals surface area contributed by atoms with Crippen LogP contribution in [0.3, 0.4) is 0 Å². The van der Waals surface area contributed by atoms with Crippen molar-refractivity contribution in [2.24, 2.45) is 0 Å². The van der Waals surface area contributed by atoms with E-state index in [1.807, 2.05) is 0 Å². The fourth-order valence-corrected chi connectivity index (χ4v) is 2.40. The molecule has 0 bridgehead atoms. The summed E-state index contributed by atoms with van der Waals surface area (Å²) < 4.78 is 4.98. The van der Waals surface area contributed by atoms with Crippen LogP contribution in [0.15, 0.2) is 4.52 Å². The Kier molecular flexibility index (Phi) is 4.90. The summed E-state index contributed by atoms with van der Waals surface area (Å²) in [4.78, 5) is 15.8. The van der Waals surface area contributed by atoms with Gasteiger partial charge < -0.3 is 14.9 Å². The van der Waals surface area contributed by atoms with Gasteiger partial charge in [0.15, 0.2) is 5.82 Å². The van der Waals surface area contributed by atoms with E-state index in [0.717, 1.165) is 25.7 Å². The van der Waals surface area contributed by atoms with Crippen molar-refractivity contribution >= 4 is 5.91 Å². The number of hydrogen-bond acceptors (Lipinski definition) is 5. The molecule has 0 radical (unpaired) electrons. The Hall–Kier alpha value is -1.43. The maximum absolute atomic E-state index is 11.8. The van der Waals surface area contributed by atoms with Crippen LogP contribution in [0.1, 0.15) is 50.2 Å². The molecule has 6 heteroatoms. The molecule has 1 saturated carbocycles. The van der Waals surface area contributed by atoms with Crippen LogP contribution < -0.4 is 5.32 Å². The molecule has 2 rings (SSSR count). The highest BCUT2D eigenvalue weighted by Crippen LogP contribution is 2.18. The molecule has 1 aliphatic rings. The number of aryl methyl sites for hydroxylation is 2. The van der Waals surface area contributed by atoms with Crippen LogP contribution in [0.2, 0.25) is 0 Å². The van der Waals surface area contributed by atoms with Crippen molar-refractivity contribution in [3.63, 3.8) is 0 Å². The van der Waals surface area contributed by atoms with Crippen molar-refractivity contribution < 1.29 is 14.4 Å². The topological polar surface area (TPSA) is 88.2 Å². The molecule has 1 fully saturated rings. The molecular formula is C13H21N3O3. The Morgan fingerprint density at radius 3 is 2.95 bits per heavy atom. The van der Waals surface area contributed by atoms with Gasteiger partial charge in [-0.2, -0.15) is 4.98 Å². The molecule has 2 atom stereocenters. The lowest BCUT2D eigenvalue weighted by atomic mass is 9.92. The monoisotopic (exact) mass is 267 g/mol. The number of nitrogens with one attached hydrogen (secondary N) is 1. The minimum atomic E-state index is -0.392. The highest BCUT2D eigenvalue weighted by atomic mass is 16.5. The van der Waals surface area contributed by atoms with E-state index in [-0.39, 0.29) is 11.9 Å². The highest BCUT2D eigenvalue weighted by molar-refractivity contribution is 5.76. The van der Waals surface area contributed by atoms with Gasteiger partial charge in [0.1, 0.15) is 0 Å². The van der Waals surface area contributed by atoms with Crippen LogP contribution in [0.5, 0.6) is 0 Å². The van der Waals surface area contributed by atoms with E-state index in [0.29, 0.717) is 31.0 Å². The number of amides is 1. The van der Waals surface area contributed by atoms with Crippen LogP contribution >= 0.6 is 0 Å². The van der Waals surface area contributed by atoms with Gasteiger partial charge in [0.05, 0.1) is 12.1 Å². The third kappa shape index (κ3) is 4.31. The zero-order chi connectivity index (χ0) is 13.7. The second-order valence-corrected chi connectivity index (χ2v) is 5.11. The highest BCUT2D eigenvalue weighted by Gasteiger charge is 2.24. The van der Waals surface area contributed by atoms with Gasteiger partial charge >= 0.3 is 0 Å². The summed E-state index contributed by atoms with van der Waals surface area (Å²) in [7, 11) is 0. The van der Waals surface area contributed by atoms with Crippen LogP contribution in [0, 0.1) is 6.92 Å². The molecule has 0 aliphatic heterocycles. The molecule has 2 N–H and O–H groups in total.